The molecule has 0 spiro atoms. The van der Waals surface area contributed by atoms with Crippen LogP contribution >= 0.6 is 35.4 Å². The number of fused-ring (bicyclic) bond motifs is 1. The lowest BCUT2D eigenvalue weighted by Crippen LogP contribution is -2.46. The number of halogens is 2. The Balaban J connectivity index is 1.89. The van der Waals surface area contributed by atoms with Gasteiger partial charge in [0.1, 0.15) is 12.4 Å². The van der Waals surface area contributed by atoms with E-state index in [0.29, 0.717) is 21.1 Å². The van der Waals surface area contributed by atoms with Crippen molar-refractivity contribution < 1.29 is 4.79 Å². The van der Waals surface area contributed by atoms with Gasteiger partial charge in [-0.25, -0.2) is 4.98 Å². The highest BCUT2D eigenvalue weighted by molar-refractivity contribution is 7.80. The summed E-state index contributed by atoms with van der Waals surface area (Å²) in [5.74, 6) is 1.05. The van der Waals surface area contributed by atoms with Gasteiger partial charge in [-0.15, -0.1) is 0 Å². The van der Waals surface area contributed by atoms with E-state index in [2.05, 4.69) is 21.2 Å². The van der Waals surface area contributed by atoms with Crippen LogP contribution in [0.4, 0.5) is 0 Å². The van der Waals surface area contributed by atoms with Crippen LogP contribution in [0.2, 0.25) is 10.0 Å². The zero-order chi connectivity index (χ0) is 16.6. The summed E-state index contributed by atoms with van der Waals surface area (Å²) in [5.41, 5.74) is 6.71. The van der Waals surface area contributed by atoms with E-state index in [4.69, 9.17) is 35.4 Å². The van der Waals surface area contributed by atoms with Crippen LogP contribution in [0, 0.1) is 0 Å². The molecule has 1 amide bonds. The fourth-order valence-electron chi connectivity index (χ4n) is 2.33. The summed E-state index contributed by atoms with van der Waals surface area (Å²) in [5, 5.41) is 3.95. The van der Waals surface area contributed by atoms with Gasteiger partial charge in [-0.3, -0.25) is 15.6 Å². The quantitative estimate of drug-likeness (QED) is 0.570. The molecule has 0 saturated heterocycles. The van der Waals surface area contributed by atoms with E-state index in [9.17, 15) is 4.79 Å². The molecule has 1 heterocycles. The van der Waals surface area contributed by atoms with Crippen molar-refractivity contribution in [1.82, 2.24) is 25.7 Å². The molecule has 0 aliphatic heterocycles. The minimum Gasteiger partial charge on any atom is -0.364 e. The number of nitrogens with one attached hydrogen (secondary N) is 3. The molecule has 1 saturated carbocycles. The second-order valence-corrected chi connectivity index (χ2v) is 6.56. The number of hydrazine groups is 1. The summed E-state index contributed by atoms with van der Waals surface area (Å²) in [4.78, 5) is 16.8. The van der Waals surface area contributed by atoms with E-state index in [-0.39, 0.29) is 12.5 Å². The van der Waals surface area contributed by atoms with Crippen LogP contribution in [-0.2, 0) is 11.3 Å². The molecule has 9 heteroatoms. The van der Waals surface area contributed by atoms with E-state index in [0.717, 1.165) is 29.7 Å². The van der Waals surface area contributed by atoms with E-state index in [1.807, 2.05) is 4.57 Å². The average Bonchev–Trinajstić information content (AvgIpc) is 3.31. The Morgan fingerprint density at radius 3 is 2.70 bits per heavy atom. The molecule has 6 nitrogen and oxygen atoms in total. The number of rotatable bonds is 3. The third-order valence-electron chi connectivity index (χ3n) is 3.61. The first-order chi connectivity index (χ1) is 11.0. The molecule has 0 unspecified atom stereocenters. The van der Waals surface area contributed by atoms with Gasteiger partial charge in [0.25, 0.3) is 5.91 Å². The Labute approximate surface area is 148 Å². The highest BCUT2D eigenvalue weighted by Crippen LogP contribution is 2.41. The molecule has 1 fully saturated rings. The van der Waals surface area contributed by atoms with Crippen LogP contribution in [0.1, 0.15) is 24.6 Å². The van der Waals surface area contributed by atoms with E-state index >= 15 is 0 Å². The van der Waals surface area contributed by atoms with Crippen molar-refractivity contribution in [3.8, 4) is 0 Å². The Morgan fingerprint density at radius 2 is 2.04 bits per heavy atom. The molecule has 3 rings (SSSR count). The number of imidazole rings is 1. The molecule has 3 N–H and O–H groups in total. The fourth-order valence-corrected chi connectivity index (χ4v) is 2.70. The van der Waals surface area contributed by atoms with Crippen LogP contribution < -0.4 is 16.2 Å². The summed E-state index contributed by atoms with van der Waals surface area (Å²) in [7, 11) is 1.67. The number of amides is 1. The number of carbonyl (C=O) groups excluding carboxylic acids is 1. The van der Waals surface area contributed by atoms with Crippen molar-refractivity contribution in [2.24, 2.45) is 0 Å². The average molecular weight is 372 g/mol. The largest absolute Gasteiger partial charge is 0.364 e. The van der Waals surface area contributed by atoms with Crippen molar-refractivity contribution in [2.75, 3.05) is 7.05 Å². The predicted molar refractivity (Wildman–Crippen MR) is 94.7 cm³/mol. The molecule has 1 aliphatic carbocycles. The van der Waals surface area contributed by atoms with Gasteiger partial charge in [-0.2, -0.15) is 0 Å². The number of benzene rings is 1. The smallest absolute Gasteiger partial charge is 0.258 e. The SMILES string of the molecule is CNC(=S)NNC(=O)Cn1c(C2CC2)nc2cc(Cl)c(Cl)cc21. The maximum Gasteiger partial charge on any atom is 0.258 e. The highest BCUT2D eigenvalue weighted by Gasteiger charge is 2.30. The topological polar surface area (TPSA) is 71.0 Å². The number of nitrogens with zero attached hydrogens (tertiary/aromatic N) is 2. The lowest BCUT2D eigenvalue weighted by atomic mass is 10.3. The first-order valence-corrected chi connectivity index (χ1v) is 8.27. The second-order valence-electron chi connectivity index (χ2n) is 5.34. The van der Waals surface area contributed by atoms with Crippen molar-refractivity contribution in [2.45, 2.75) is 25.3 Å². The molecule has 122 valence electrons. The molecule has 2 aromatic rings. The minimum atomic E-state index is -0.227. The van der Waals surface area contributed by atoms with Gasteiger partial charge in [-0.05, 0) is 37.2 Å². The molecule has 1 aromatic heterocycles. The van der Waals surface area contributed by atoms with E-state index in [1.165, 1.54) is 0 Å². The third kappa shape index (κ3) is 3.52. The predicted octanol–water partition coefficient (Wildman–Crippen LogP) is 2.35. The van der Waals surface area contributed by atoms with Crippen LogP contribution in [-0.4, -0.2) is 27.6 Å². The standard InChI is InChI=1S/C14H15Cl2N5OS/c1-17-14(23)20-19-12(22)6-21-11-5-9(16)8(15)4-10(11)18-13(21)7-2-3-7/h4-5,7H,2-3,6H2,1H3,(H,19,22)(H2,17,20,23). The highest BCUT2D eigenvalue weighted by atomic mass is 35.5. The van der Waals surface area contributed by atoms with E-state index in [1.54, 1.807) is 19.2 Å². The number of hydrogen-bond acceptors (Lipinski definition) is 3. The Hall–Kier alpha value is -1.57. The van der Waals surface area contributed by atoms with Gasteiger partial charge in [0.15, 0.2) is 5.11 Å². The molecule has 1 aromatic carbocycles. The van der Waals surface area contributed by atoms with Crippen molar-refractivity contribution >= 4 is 57.5 Å². The van der Waals surface area contributed by atoms with Crippen LogP contribution in [0.15, 0.2) is 12.1 Å². The Morgan fingerprint density at radius 1 is 1.35 bits per heavy atom. The first kappa shape index (κ1) is 16.3. The van der Waals surface area contributed by atoms with Gasteiger partial charge in [0.05, 0.1) is 21.1 Å². The van der Waals surface area contributed by atoms with Crippen LogP contribution in [0.25, 0.3) is 11.0 Å². The van der Waals surface area contributed by atoms with Crippen molar-refractivity contribution in [3.05, 3.63) is 28.0 Å². The summed E-state index contributed by atoms with van der Waals surface area (Å²) in [6.45, 7) is 0.125. The van der Waals surface area contributed by atoms with Gasteiger partial charge in [0.2, 0.25) is 0 Å². The Bertz CT molecular complexity index is 787. The third-order valence-corrected chi connectivity index (χ3v) is 4.63. The van der Waals surface area contributed by atoms with Gasteiger partial charge in [0, 0.05) is 13.0 Å². The maximum absolute atomic E-state index is 12.2. The van der Waals surface area contributed by atoms with Crippen LogP contribution in [0.5, 0.6) is 0 Å². The van der Waals surface area contributed by atoms with Crippen molar-refractivity contribution in [3.63, 3.8) is 0 Å². The number of aromatic nitrogens is 2. The monoisotopic (exact) mass is 371 g/mol. The zero-order valence-corrected chi connectivity index (χ0v) is 14.6. The molecule has 0 bridgehead atoms. The summed E-state index contributed by atoms with van der Waals surface area (Å²) >= 11 is 17.1. The lowest BCUT2D eigenvalue weighted by Gasteiger charge is -2.11. The minimum absolute atomic E-state index is 0.125. The number of carbonyl (C=O) groups is 1. The summed E-state index contributed by atoms with van der Waals surface area (Å²) in [6, 6.07) is 3.48. The van der Waals surface area contributed by atoms with Gasteiger partial charge >= 0.3 is 0 Å². The second kappa shape index (κ2) is 6.51. The molecule has 0 radical (unpaired) electrons. The van der Waals surface area contributed by atoms with E-state index < -0.39 is 0 Å². The van der Waals surface area contributed by atoms with Gasteiger partial charge < -0.3 is 9.88 Å². The first-order valence-electron chi connectivity index (χ1n) is 7.11. The lowest BCUT2D eigenvalue weighted by molar-refractivity contribution is -0.122. The maximum atomic E-state index is 12.2. The normalized spacial score (nSPS) is 13.9. The summed E-state index contributed by atoms with van der Waals surface area (Å²) in [6.07, 6.45) is 2.16. The zero-order valence-electron chi connectivity index (χ0n) is 12.3. The molecular weight excluding hydrogens is 357 g/mol. The Kier molecular flexibility index (Phi) is 4.61. The number of thiocarbonyl (C=S) groups is 1. The molecule has 23 heavy (non-hydrogen) atoms. The fraction of sp³-hybridized carbons (Fsp3) is 0.357. The molecular formula is C14H15Cl2N5OS. The van der Waals surface area contributed by atoms with Crippen LogP contribution in [0.3, 0.4) is 0 Å². The number of hydrogen-bond donors (Lipinski definition) is 3. The summed E-state index contributed by atoms with van der Waals surface area (Å²) < 4.78 is 1.88. The van der Waals surface area contributed by atoms with Gasteiger partial charge in [-0.1, -0.05) is 23.2 Å². The van der Waals surface area contributed by atoms with Crippen molar-refractivity contribution in [1.29, 1.82) is 0 Å². The molecule has 1 aliphatic rings. The molecule has 0 atom stereocenters.